The predicted molar refractivity (Wildman–Crippen MR) is 154 cm³/mol. The molecule has 0 unspecified atom stereocenters. The number of aromatic nitrogens is 3. The van der Waals surface area contributed by atoms with Crippen LogP contribution in [0.1, 0.15) is 56.1 Å². The number of nitrogens with zero attached hydrogens (tertiary/aromatic N) is 5. The zero-order valence-electron chi connectivity index (χ0n) is 23.8. The smallest absolute Gasteiger partial charge is 0.282 e. The first-order valence-corrected chi connectivity index (χ1v) is 14.9. The van der Waals surface area contributed by atoms with E-state index in [0.29, 0.717) is 34.8 Å². The Bertz CT molecular complexity index is 1460. The lowest BCUT2D eigenvalue weighted by Gasteiger charge is -2.54. The second-order valence-corrected chi connectivity index (χ2v) is 12.6. The number of likely N-dealkylation sites (tertiary alicyclic amines) is 1. The van der Waals surface area contributed by atoms with Gasteiger partial charge in [0.15, 0.2) is 5.82 Å². The Morgan fingerprint density at radius 2 is 1.88 bits per heavy atom. The SMILES string of the molecule is Cc1ccc(-c2cc(F)ccc2Oc2nncnc2N2CC3(CCN(C(=O)[C@H]4NCC[C@@H]4C)CC3)C2)c(C2CC2)c1. The van der Waals surface area contributed by atoms with Crippen molar-refractivity contribution >= 4 is 11.7 Å². The molecule has 4 heterocycles. The lowest BCUT2D eigenvalue weighted by Crippen LogP contribution is -2.62. The number of hydrogen-bond donors (Lipinski definition) is 1. The number of carbonyl (C=O) groups is 1. The Morgan fingerprint density at radius 3 is 2.61 bits per heavy atom. The van der Waals surface area contributed by atoms with Crippen molar-refractivity contribution in [1.82, 2.24) is 25.4 Å². The number of piperidine rings is 1. The van der Waals surface area contributed by atoms with Crippen molar-refractivity contribution in [2.75, 3.05) is 37.6 Å². The van der Waals surface area contributed by atoms with Gasteiger partial charge in [-0.3, -0.25) is 4.79 Å². The maximum absolute atomic E-state index is 14.5. The number of aryl methyl sites for hydroxylation is 1. The van der Waals surface area contributed by atoms with Gasteiger partial charge in [-0.15, -0.1) is 10.2 Å². The van der Waals surface area contributed by atoms with E-state index in [0.717, 1.165) is 70.4 Å². The highest BCUT2D eigenvalue weighted by Gasteiger charge is 2.47. The van der Waals surface area contributed by atoms with Gasteiger partial charge in [-0.25, -0.2) is 9.37 Å². The largest absolute Gasteiger partial charge is 0.434 e. The van der Waals surface area contributed by atoms with Crippen LogP contribution >= 0.6 is 0 Å². The number of amides is 1. The lowest BCUT2D eigenvalue weighted by molar-refractivity contribution is -0.136. The molecule has 9 heteroatoms. The van der Waals surface area contributed by atoms with Gasteiger partial charge in [0.25, 0.3) is 5.88 Å². The summed E-state index contributed by atoms with van der Waals surface area (Å²) < 4.78 is 20.9. The Morgan fingerprint density at radius 1 is 1.07 bits per heavy atom. The van der Waals surface area contributed by atoms with Crippen LogP contribution < -0.4 is 15.0 Å². The van der Waals surface area contributed by atoms with Gasteiger partial charge in [-0.1, -0.05) is 30.7 Å². The molecule has 1 aromatic heterocycles. The summed E-state index contributed by atoms with van der Waals surface area (Å²) in [5.41, 5.74) is 4.31. The van der Waals surface area contributed by atoms with Crippen LogP contribution in [0.5, 0.6) is 11.6 Å². The van der Waals surface area contributed by atoms with Crippen LogP contribution in [0.4, 0.5) is 10.2 Å². The molecule has 41 heavy (non-hydrogen) atoms. The number of anilines is 1. The first kappa shape index (κ1) is 26.3. The van der Waals surface area contributed by atoms with Crippen molar-refractivity contribution in [2.45, 2.75) is 57.9 Å². The molecular formula is C32H37FN6O2. The van der Waals surface area contributed by atoms with E-state index in [1.165, 1.54) is 23.5 Å². The van der Waals surface area contributed by atoms with Gasteiger partial charge in [-0.05, 0) is 86.7 Å². The molecule has 4 fully saturated rings. The van der Waals surface area contributed by atoms with Crippen LogP contribution in [0.2, 0.25) is 0 Å². The van der Waals surface area contributed by atoms with Crippen LogP contribution in [0.15, 0.2) is 42.7 Å². The summed E-state index contributed by atoms with van der Waals surface area (Å²) in [4.78, 5) is 21.8. The van der Waals surface area contributed by atoms with Crippen LogP contribution in [-0.2, 0) is 4.79 Å². The molecule has 2 aromatic carbocycles. The molecule has 0 radical (unpaired) electrons. The van der Waals surface area contributed by atoms with Crippen molar-refractivity contribution < 1.29 is 13.9 Å². The number of rotatable bonds is 6. The topological polar surface area (TPSA) is 83.5 Å². The van der Waals surface area contributed by atoms with E-state index in [1.54, 1.807) is 12.1 Å². The third-order valence-electron chi connectivity index (χ3n) is 9.52. The molecule has 4 aliphatic rings. The highest BCUT2D eigenvalue weighted by Crippen LogP contribution is 2.48. The van der Waals surface area contributed by atoms with E-state index in [1.807, 2.05) is 4.90 Å². The first-order valence-electron chi connectivity index (χ1n) is 14.9. The van der Waals surface area contributed by atoms with Gasteiger partial charge in [0, 0.05) is 37.2 Å². The van der Waals surface area contributed by atoms with Crippen molar-refractivity contribution in [3.05, 3.63) is 59.7 Å². The minimum absolute atomic E-state index is 0.0367. The van der Waals surface area contributed by atoms with Crippen molar-refractivity contribution in [3.8, 4) is 22.8 Å². The maximum Gasteiger partial charge on any atom is 0.282 e. The molecule has 1 spiro atoms. The summed E-state index contributed by atoms with van der Waals surface area (Å²) >= 11 is 0. The number of halogens is 1. The van der Waals surface area contributed by atoms with Crippen LogP contribution in [0.25, 0.3) is 11.1 Å². The molecule has 2 atom stereocenters. The predicted octanol–water partition coefficient (Wildman–Crippen LogP) is 5.08. The van der Waals surface area contributed by atoms with Gasteiger partial charge < -0.3 is 19.9 Å². The normalized spacial score (nSPS) is 23.5. The summed E-state index contributed by atoms with van der Waals surface area (Å²) in [5.74, 6) is 2.36. The molecule has 3 aliphatic heterocycles. The standard InChI is InChI=1S/C32H37FN6O2/c1-20-3-7-24(25(15-20)22-4-5-22)26-16-23(33)6-8-27(26)41-30-29(35-19-36-37-30)39-17-32(18-39)10-13-38(14-11-32)31(40)28-21(2)9-12-34-28/h3,6-8,15-16,19,21-22,28,34H,4-5,9-14,17-18H2,1-2H3/t21-,28-/m0/s1. The third kappa shape index (κ3) is 5.05. The first-order chi connectivity index (χ1) is 19.9. The van der Waals surface area contributed by atoms with Gasteiger partial charge >= 0.3 is 0 Å². The summed E-state index contributed by atoms with van der Waals surface area (Å²) in [5, 5.41) is 11.7. The zero-order chi connectivity index (χ0) is 28.1. The van der Waals surface area contributed by atoms with Crippen molar-refractivity contribution in [1.29, 1.82) is 0 Å². The Hall–Kier alpha value is -3.59. The number of benzene rings is 2. The second-order valence-electron chi connectivity index (χ2n) is 12.6. The molecule has 1 N–H and O–H groups in total. The van der Waals surface area contributed by atoms with E-state index in [4.69, 9.17) is 4.74 Å². The van der Waals surface area contributed by atoms with Crippen LogP contribution in [0.3, 0.4) is 0 Å². The average molecular weight is 557 g/mol. The number of ether oxygens (including phenoxy) is 1. The summed E-state index contributed by atoms with van der Waals surface area (Å²) in [6, 6.07) is 10.9. The summed E-state index contributed by atoms with van der Waals surface area (Å²) in [7, 11) is 0. The van der Waals surface area contributed by atoms with E-state index in [2.05, 4.69) is 57.4 Å². The molecule has 0 bridgehead atoms. The lowest BCUT2D eigenvalue weighted by atomic mass is 9.72. The van der Waals surface area contributed by atoms with Gasteiger partial charge in [-0.2, -0.15) is 0 Å². The minimum atomic E-state index is -0.306. The fourth-order valence-corrected chi connectivity index (χ4v) is 6.90. The van der Waals surface area contributed by atoms with Crippen LogP contribution in [0, 0.1) is 24.1 Å². The molecule has 1 aliphatic carbocycles. The van der Waals surface area contributed by atoms with E-state index in [9.17, 15) is 9.18 Å². The van der Waals surface area contributed by atoms with Gasteiger partial charge in [0.1, 0.15) is 17.9 Å². The quantitative estimate of drug-likeness (QED) is 0.453. The molecule has 214 valence electrons. The Balaban J connectivity index is 1.07. The highest BCUT2D eigenvalue weighted by atomic mass is 19.1. The number of hydrogen-bond acceptors (Lipinski definition) is 7. The van der Waals surface area contributed by atoms with Gasteiger partial charge in [0.05, 0.1) is 6.04 Å². The summed E-state index contributed by atoms with van der Waals surface area (Å²) in [6.07, 6.45) is 6.77. The molecule has 1 amide bonds. The highest BCUT2D eigenvalue weighted by molar-refractivity contribution is 5.82. The average Bonchev–Trinajstić information content (AvgIpc) is 3.73. The number of carbonyl (C=O) groups excluding carboxylic acids is 1. The van der Waals surface area contributed by atoms with Crippen molar-refractivity contribution in [2.24, 2.45) is 11.3 Å². The summed E-state index contributed by atoms with van der Waals surface area (Å²) in [6.45, 7) is 8.43. The van der Waals surface area contributed by atoms with E-state index in [-0.39, 0.29) is 23.2 Å². The molecule has 1 saturated carbocycles. The zero-order valence-corrected chi connectivity index (χ0v) is 23.8. The minimum Gasteiger partial charge on any atom is -0.434 e. The fraction of sp³-hybridized carbons (Fsp3) is 0.500. The molecule has 7 rings (SSSR count). The van der Waals surface area contributed by atoms with Crippen LogP contribution in [-0.4, -0.2) is 64.8 Å². The molecule has 3 aromatic rings. The van der Waals surface area contributed by atoms with E-state index >= 15 is 0 Å². The molecule has 8 nitrogen and oxygen atoms in total. The Kier molecular flexibility index (Phi) is 6.64. The monoisotopic (exact) mass is 556 g/mol. The third-order valence-corrected chi connectivity index (χ3v) is 9.52. The van der Waals surface area contributed by atoms with E-state index < -0.39 is 0 Å². The van der Waals surface area contributed by atoms with Crippen molar-refractivity contribution in [3.63, 3.8) is 0 Å². The second kappa shape index (κ2) is 10.4. The van der Waals surface area contributed by atoms with Gasteiger partial charge in [0.2, 0.25) is 5.91 Å². The molecule has 3 saturated heterocycles. The number of nitrogens with one attached hydrogen (secondary N) is 1. The maximum atomic E-state index is 14.5. The fourth-order valence-electron chi connectivity index (χ4n) is 6.90. The molecular weight excluding hydrogens is 519 g/mol. The Labute approximate surface area is 240 Å².